The van der Waals surface area contributed by atoms with Crippen molar-refractivity contribution in [3.8, 4) is 0 Å². The standard InChI is InChI=1S/C30H52O/c1-20(2)23(16-19-31)10-9-22(4)26-13-14-27-24-11-12-25-21(3)8-7-17-29(25,5)28(24)15-18-30(26,27)6/h9-10,20-28,31H,7-8,11-19H2,1-6H3/t21-,22-,23-,24+,25?,26-,27+,28+,29+,30-/m1/s1. The second-order valence-electron chi connectivity index (χ2n) is 13.3. The fraction of sp³-hybridized carbons (Fsp3) is 0.933. The summed E-state index contributed by atoms with van der Waals surface area (Å²) in [5.41, 5.74) is 1.19. The van der Waals surface area contributed by atoms with Crippen LogP contribution in [0.25, 0.3) is 0 Å². The van der Waals surface area contributed by atoms with E-state index < -0.39 is 0 Å². The Morgan fingerprint density at radius 1 is 0.839 bits per heavy atom. The maximum Gasteiger partial charge on any atom is 0.0436 e. The van der Waals surface area contributed by atoms with Gasteiger partial charge in [-0.1, -0.05) is 66.5 Å². The van der Waals surface area contributed by atoms with Gasteiger partial charge in [0.25, 0.3) is 0 Å². The van der Waals surface area contributed by atoms with Crippen molar-refractivity contribution in [1.82, 2.24) is 0 Å². The average Bonchev–Trinajstić information content (AvgIpc) is 3.08. The SMILES string of the molecule is CC(C)[C@H](C=C[C@@H](C)[C@H]1CC[C@H]2[C@@H]3CCC4[C@H](C)CCC[C@]4(C)[C@H]3CC[C@]12C)CCO. The molecular formula is C30H52O. The van der Waals surface area contributed by atoms with E-state index in [4.69, 9.17) is 0 Å². The molecule has 1 unspecified atom stereocenters. The molecule has 0 spiro atoms. The summed E-state index contributed by atoms with van der Waals surface area (Å²) in [5, 5.41) is 9.45. The van der Waals surface area contributed by atoms with Crippen LogP contribution in [0.1, 0.15) is 106 Å². The molecule has 0 saturated heterocycles. The Balaban J connectivity index is 1.49. The molecule has 0 radical (unpaired) electrons. The van der Waals surface area contributed by atoms with Crippen molar-refractivity contribution in [3.63, 3.8) is 0 Å². The molecule has 31 heavy (non-hydrogen) atoms. The first-order chi connectivity index (χ1) is 14.7. The van der Waals surface area contributed by atoms with Crippen LogP contribution in [0.15, 0.2) is 12.2 Å². The summed E-state index contributed by atoms with van der Waals surface area (Å²) in [5.74, 6) is 7.62. The highest BCUT2D eigenvalue weighted by molar-refractivity contribution is 5.11. The van der Waals surface area contributed by atoms with E-state index in [1.807, 2.05) is 0 Å². The van der Waals surface area contributed by atoms with Crippen LogP contribution in [0.3, 0.4) is 0 Å². The number of aliphatic hydroxyl groups is 1. The number of rotatable bonds is 6. The fourth-order valence-corrected chi connectivity index (χ4v) is 9.95. The highest BCUT2D eigenvalue weighted by atomic mass is 16.3. The smallest absolute Gasteiger partial charge is 0.0436 e. The molecule has 1 nitrogen and oxygen atoms in total. The van der Waals surface area contributed by atoms with Crippen LogP contribution in [-0.2, 0) is 0 Å². The summed E-state index contributed by atoms with van der Waals surface area (Å²) in [6.45, 7) is 15.4. The Morgan fingerprint density at radius 3 is 2.26 bits per heavy atom. The zero-order valence-corrected chi connectivity index (χ0v) is 21.6. The third kappa shape index (κ3) is 4.08. The lowest BCUT2D eigenvalue weighted by molar-refractivity contribution is -0.126. The van der Waals surface area contributed by atoms with Crippen LogP contribution in [0.2, 0.25) is 0 Å². The van der Waals surface area contributed by atoms with Gasteiger partial charge in [0, 0.05) is 6.61 Å². The molecule has 1 N–H and O–H groups in total. The topological polar surface area (TPSA) is 20.2 Å². The van der Waals surface area contributed by atoms with Crippen molar-refractivity contribution in [1.29, 1.82) is 0 Å². The third-order valence-electron chi connectivity index (χ3n) is 11.7. The number of allylic oxidation sites excluding steroid dienone is 2. The van der Waals surface area contributed by atoms with Gasteiger partial charge in [-0.2, -0.15) is 0 Å². The highest BCUT2D eigenvalue weighted by Crippen LogP contribution is 2.68. The first kappa shape index (κ1) is 23.8. The van der Waals surface area contributed by atoms with E-state index >= 15 is 0 Å². The van der Waals surface area contributed by atoms with Gasteiger partial charge < -0.3 is 5.11 Å². The predicted octanol–water partition coefficient (Wildman–Crippen LogP) is 8.13. The molecule has 0 amide bonds. The minimum atomic E-state index is 0.312. The van der Waals surface area contributed by atoms with Gasteiger partial charge in [0.2, 0.25) is 0 Å². The van der Waals surface area contributed by atoms with Crippen molar-refractivity contribution in [2.24, 2.45) is 64.1 Å². The Kier molecular flexibility index (Phi) is 7.04. The maximum atomic E-state index is 9.45. The lowest BCUT2D eigenvalue weighted by Gasteiger charge is -2.62. The lowest BCUT2D eigenvalue weighted by Crippen LogP contribution is -2.54. The van der Waals surface area contributed by atoms with Crippen LogP contribution in [0, 0.1) is 64.1 Å². The molecule has 4 fully saturated rings. The Morgan fingerprint density at radius 2 is 1.55 bits per heavy atom. The molecule has 0 bridgehead atoms. The van der Waals surface area contributed by atoms with Gasteiger partial charge in [0.1, 0.15) is 0 Å². The molecule has 10 atom stereocenters. The number of aliphatic hydroxyl groups excluding tert-OH is 1. The van der Waals surface area contributed by atoms with Crippen molar-refractivity contribution in [2.75, 3.05) is 6.61 Å². The zero-order chi connectivity index (χ0) is 22.4. The normalized spacial score (nSPS) is 47.1. The molecule has 4 aliphatic carbocycles. The first-order valence-electron chi connectivity index (χ1n) is 14.0. The van der Waals surface area contributed by atoms with E-state index in [0.29, 0.717) is 35.2 Å². The molecule has 4 rings (SSSR count). The minimum absolute atomic E-state index is 0.312. The number of fused-ring (bicyclic) bond motifs is 5. The molecule has 178 valence electrons. The van der Waals surface area contributed by atoms with Gasteiger partial charge >= 0.3 is 0 Å². The summed E-state index contributed by atoms with van der Waals surface area (Å²) in [4.78, 5) is 0. The molecule has 1 heteroatoms. The molecule has 0 aromatic heterocycles. The molecule has 0 heterocycles. The van der Waals surface area contributed by atoms with Crippen molar-refractivity contribution in [2.45, 2.75) is 106 Å². The number of hydrogen-bond donors (Lipinski definition) is 1. The quantitative estimate of drug-likeness (QED) is 0.423. The van der Waals surface area contributed by atoms with Gasteiger partial charge in [-0.25, -0.2) is 0 Å². The second-order valence-corrected chi connectivity index (χ2v) is 13.3. The van der Waals surface area contributed by atoms with Gasteiger partial charge in [0.05, 0.1) is 0 Å². The van der Waals surface area contributed by atoms with Crippen molar-refractivity contribution < 1.29 is 5.11 Å². The highest BCUT2D eigenvalue weighted by Gasteiger charge is 2.60. The Bertz CT molecular complexity index is 636. The predicted molar refractivity (Wildman–Crippen MR) is 133 cm³/mol. The second kappa shape index (κ2) is 9.15. The molecule has 0 aliphatic heterocycles. The molecular weight excluding hydrogens is 376 g/mol. The molecule has 0 aromatic carbocycles. The summed E-state index contributed by atoms with van der Waals surface area (Å²) >= 11 is 0. The maximum absolute atomic E-state index is 9.45. The molecule has 4 saturated carbocycles. The summed E-state index contributed by atoms with van der Waals surface area (Å²) in [6, 6.07) is 0. The van der Waals surface area contributed by atoms with Crippen LogP contribution in [-0.4, -0.2) is 11.7 Å². The summed E-state index contributed by atoms with van der Waals surface area (Å²) in [6.07, 6.45) is 19.3. The van der Waals surface area contributed by atoms with Crippen LogP contribution in [0.4, 0.5) is 0 Å². The summed E-state index contributed by atoms with van der Waals surface area (Å²) < 4.78 is 0. The monoisotopic (exact) mass is 428 g/mol. The number of hydrogen-bond acceptors (Lipinski definition) is 1. The van der Waals surface area contributed by atoms with Crippen molar-refractivity contribution in [3.05, 3.63) is 12.2 Å². The van der Waals surface area contributed by atoms with E-state index in [0.717, 1.165) is 41.9 Å². The van der Waals surface area contributed by atoms with Crippen LogP contribution in [0.5, 0.6) is 0 Å². The van der Waals surface area contributed by atoms with Gasteiger partial charge in [-0.3, -0.25) is 0 Å². The third-order valence-corrected chi connectivity index (χ3v) is 11.7. The van der Waals surface area contributed by atoms with Gasteiger partial charge in [-0.05, 0) is 115 Å². The van der Waals surface area contributed by atoms with Crippen LogP contribution < -0.4 is 0 Å². The lowest BCUT2D eigenvalue weighted by atomic mass is 9.43. The average molecular weight is 429 g/mol. The van der Waals surface area contributed by atoms with Crippen molar-refractivity contribution >= 4 is 0 Å². The van der Waals surface area contributed by atoms with Gasteiger partial charge in [-0.15, -0.1) is 0 Å². The van der Waals surface area contributed by atoms with E-state index in [1.165, 1.54) is 57.8 Å². The van der Waals surface area contributed by atoms with Crippen LogP contribution >= 0.6 is 0 Å². The largest absolute Gasteiger partial charge is 0.396 e. The van der Waals surface area contributed by atoms with E-state index in [9.17, 15) is 5.11 Å². The minimum Gasteiger partial charge on any atom is -0.396 e. The fourth-order valence-electron chi connectivity index (χ4n) is 9.95. The zero-order valence-electron chi connectivity index (χ0n) is 21.6. The summed E-state index contributed by atoms with van der Waals surface area (Å²) in [7, 11) is 0. The van der Waals surface area contributed by atoms with E-state index in [1.54, 1.807) is 0 Å². The Hall–Kier alpha value is -0.300. The molecule has 4 aliphatic rings. The molecule has 0 aromatic rings. The first-order valence-corrected chi connectivity index (χ1v) is 14.0. The van der Waals surface area contributed by atoms with E-state index in [-0.39, 0.29) is 0 Å². The van der Waals surface area contributed by atoms with Gasteiger partial charge in [0.15, 0.2) is 0 Å². The van der Waals surface area contributed by atoms with E-state index in [2.05, 4.69) is 53.7 Å². The Labute approximate surface area is 193 Å².